The van der Waals surface area contributed by atoms with Gasteiger partial charge in [-0.1, -0.05) is 13.8 Å². The first-order chi connectivity index (χ1) is 11.0. The molecule has 0 aromatic carbocycles. The first kappa shape index (κ1) is 18.4. The Bertz CT molecular complexity index is 504. The number of carbonyl (C=O) groups is 1. The molecule has 1 saturated heterocycles. The van der Waals surface area contributed by atoms with Crippen LogP contribution in [0.3, 0.4) is 0 Å². The number of ether oxygens (including phenoxy) is 1. The van der Waals surface area contributed by atoms with Crippen molar-refractivity contribution in [1.82, 2.24) is 15.2 Å². The molecule has 1 aliphatic rings. The summed E-state index contributed by atoms with van der Waals surface area (Å²) in [6.07, 6.45) is 2.44. The molecule has 0 aliphatic carbocycles. The largest absolute Gasteiger partial charge is 0.375 e. The minimum Gasteiger partial charge on any atom is -0.375 e. The fourth-order valence-electron chi connectivity index (χ4n) is 2.82. The van der Waals surface area contributed by atoms with Gasteiger partial charge in [-0.2, -0.15) is 0 Å². The molecule has 2 heterocycles. The van der Waals surface area contributed by atoms with E-state index in [-0.39, 0.29) is 17.9 Å². The SMILES string of the molecule is CO[C@@H](C)c1nc(CN2CCC[C@@H](CNC(=O)C(C)C)C2)cs1. The zero-order valence-corrected chi connectivity index (χ0v) is 15.5. The van der Waals surface area contributed by atoms with Gasteiger partial charge in [0.1, 0.15) is 11.1 Å². The Balaban J connectivity index is 1.81. The van der Waals surface area contributed by atoms with Crippen molar-refractivity contribution in [2.24, 2.45) is 11.8 Å². The fourth-order valence-corrected chi connectivity index (χ4v) is 3.66. The number of thiazole rings is 1. The Labute approximate surface area is 143 Å². The Hall–Kier alpha value is -0.980. The van der Waals surface area contributed by atoms with Crippen LogP contribution in [0.2, 0.25) is 0 Å². The quantitative estimate of drug-likeness (QED) is 0.830. The molecule has 1 aromatic heterocycles. The topological polar surface area (TPSA) is 54.5 Å². The molecule has 0 spiro atoms. The minimum absolute atomic E-state index is 0.0610. The number of carbonyl (C=O) groups excluding carboxylic acids is 1. The lowest BCUT2D eigenvalue weighted by atomic mass is 9.97. The summed E-state index contributed by atoms with van der Waals surface area (Å²) in [5.74, 6) is 0.758. The highest BCUT2D eigenvalue weighted by Crippen LogP contribution is 2.23. The number of nitrogens with zero attached hydrogens (tertiary/aromatic N) is 2. The molecule has 0 unspecified atom stereocenters. The maximum atomic E-state index is 11.7. The van der Waals surface area contributed by atoms with Gasteiger partial charge >= 0.3 is 0 Å². The number of hydrogen-bond acceptors (Lipinski definition) is 5. The first-order valence-electron chi connectivity index (χ1n) is 8.46. The smallest absolute Gasteiger partial charge is 0.222 e. The third kappa shape index (κ3) is 5.55. The summed E-state index contributed by atoms with van der Waals surface area (Å²) in [6, 6.07) is 0. The van der Waals surface area contributed by atoms with Gasteiger partial charge in [-0.25, -0.2) is 4.98 Å². The summed E-state index contributed by atoms with van der Waals surface area (Å²) in [5.41, 5.74) is 1.13. The van der Waals surface area contributed by atoms with Crippen LogP contribution >= 0.6 is 11.3 Å². The van der Waals surface area contributed by atoms with Gasteiger partial charge in [0, 0.05) is 38.0 Å². The molecule has 1 fully saturated rings. The zero-order chi connectivity index (χ0) is 16.8. The molecule has 1 N–H and O–H groups in total. The summed E-state index contributed by atoms with van der Waals surface area (Å²) in [6.45, 7) is 9.72. The Morgan fingerprint density at radius 2 is 2.30 bits per heavy atom. The van der Waals surface area contributed by atoms with Crippen molar-refractivity contribution in [3.05, 3.63) is 16.1 Å². The standard InChI is InChI=1S/C17H29N3O2S/c1-12(2)16(21)18-8-14-6-5-7-20(9-14)10-15-11-23-17(19-15)13(3)22-4/h11-14H,5-10H2,1-4H3,(H,18,21)/t13-,14-/m0/s1. The van der Waals surface area contributed by atoms with E-state index in [1.165, 1.54) is 12.8 Å². The monoisotopic (exact) mass is 339 g/mol. The molecule has 0 bridgehead atoms. The Morgan fingerprint density at radius 1 is 1.52 bits per heavy atom. The van der Waals surface area contributed by atoms with Crippen LogP contribution in [-0.4, -0.2) is 42.5 Å². The Kier molecular flexibility index (Phi) is 6.99. The number of amides is 1. The second-order valence-corrected chi connectivity index (χ2v) is 7.59. The highest BCUT2D eigenvalue weighted by molar-refractivity contribution is 7.09. The lowest BCUT2D eigenvalue weighted by Crippen LogP contribution is -2.41. The molecule has 23 heavy (non-hydrogen) atoms. The predicted octanol–water partition coefficient (Wildman–Crippen LogP) is 2.83. The second kappa shape index (κ2) is 8.76. The van der Waals surface area contributed by atoms with Crippen LogP contribution in [0.25, 0.3) is 0 Å². The second-order valence-electron chi connectivity index (χ2n) is 6.70. The van der Waals surface area contributed by atoms with Crippen molar-refractivity contribution in [1.29, 1.82) is 0 Å². The van der Waals surface area contributed by atoms with Gasteiger partial charge < -0.3 is 10.1 Å². The van der Waals surface area contributed by atoms with Crippen LogP contribution < -0.4 is 5.32 Å². The van der Waals surface area contributed by atoms with Crippen LogP contribution in [0.15, 0.2) is 5.38 Å². The average Bonchev–Trinajstić information content (AvgIpc) is 3.00. The van der Waals surface area contributed by atoms with E-state index < -0.39 is 0 Å². The van der Waals surface area contributed by atoms with Crippen LogP contribution in [0.5, 0.6) is 0 Å². The van der Waals surface area contributed by atoms with Crippen LogP contribution in [-0.2, 0) is 16.1 Å². The van der Waals surface area contributed by atoms with E-state index in [1.807, 2.05) is 20.8 Å². The fraction of sp³-hybridized carbons (Fsp3) is 0.765. The molecule has 0 radical (unpaired) electrons. The van der Waals surface area contributed by atoms with E-state index in [0.717, 1.165) is 36.9 Å². The van der Waals surface area contributed by atoms with Gasteiger partial charge in [0.25, 0.3) is 0 Å². The molecule has 5 nitrogen and oxygen atoms in total. The molecule has 0 saturated carbocycles. The maximum Gasteiger partial charge on any atom is 0.222 e. The van der Waals surface area contributed by atoms with Gasteiger partial charge in [-0.05, 0) is 32.2 Å². The van der Waals surface area contributed by atoms with Crippen molar-refractivity contribution in [3.8, 4) is 0 Å². The van der Waals surface area contributed by atoms with Crippen molar-refractivity contribution in [3.63, 3.8) is 0 Å². The number of piperidine rings is 1. The van der Waals surface area contributed by atoms with E-state index in [4.69, 9.17) is 4.74 Å². The normalized spacial score (nSPS) is 20.7. The van der Waals surface area contributed by atoms with E-state index in [9.17, 15) is 4.79 Å². The van der Waals surface area contributed by atoms with Crippen molar-refractivity contribution in [2.45, 2.75) is 46.3 Å². The third-order valence-corrected chi connectivity index (χ3v) is 5.40. The lowest BCUT2D eigenvalue weighted by Gasteiger charge is -2.32. The van der Waals surface area contributed by atoms with Crippen molar-refractivity contribution in [2.75, 3.05) is 26.7 Å². The molecule has 1 amide bonds. The van der Waals surface area contributed by atoms with Crippen LogP contribution in [0, 0.1) is 11.8 Å². The molecular weight excluding hydrogens is 310 g/mol. The number of rotatable bonds is 7. The molecule has 6 heteroatoms. The van der Waals surface area contributed by atoms with Gasteiger partial charge in [-0.15, -0.1) is 11.3 Å². The molecule has 2 atom stereocenters. The van der Waals surface area contributed by atoms with E-state index in [1.54, 1.807) is 18.4 Å². The summed E-state index contributed by atoms with van der Waals surface area (Å²) in [5, 5.41) is 6.24. The van der Waals surface area contributed by atoms with E-state index in [0.29, 0.717) is 5.92 Å². The summed E-state index contributed by atoms with van der Waals surface area (Å²) in [4.78, 5) is 18.8. The first-order valence-corrected chi connectivity index (χ1v) is 9.34. The number of hydrogen-bond donors (Lipinski definition) is 1. The van der Waals surface area contributed by atoms with Crippen LogP contribution in [0.1, 0.15) is 50.4 Å². The zero-order valence-electron chi connectivity index (χ0n) is 14.7. The average molecular weight is 340 g/mol. The third-order valence-electron chi connectivity index (χ3n) is 4.35. The molecule has 1 aromatic rings. The van der Waals surface area contributed by atoms with Gasteiger partial charge in [0.2, 0.25) is 5.91 Å². The molecule has 2 rings (SSSR count). The maximum absolute atomic E-state index is 11.7. The number of nitrogens with one attached hydrogen (secondary N) is 1. The van der Waals surface area contributed by atoms with Crippen molar-refractivity contribution < 1.29 is 9.53 Å². The van der Waals surface area contributed by atoms with E-state index in [2.05, 4.69) is 20.6 Å². The lowest BCUT2D eigenvalue weighted by molar-refractivity contribution is -0.124. The van der Waals surface area contributed by atoms with Gasteiger partial charge in [0.15, 0.2) is 0 Å². The molecular formula is C17H29N3O2S. The summed E-state index contributed by atoms with van der Waals surface area (Å²) < 4.78 is 5.32. The molecule has 130 valence electrons. The summed E-state index contributed by atoms with van der Waals surface area (Å²) in [7, 11) is 1.71. The van der Waals surface area contributed by atoms with Crippen molar-refractivity contribution >= 4 is 17.2 Å². The Morgan fingerprint density at radius 3 is 3.00 bits per heavy atom. The molecule has 1 aliphatic heterocycles. The summed E-state index contributed by atoms with van der Waals surface area (Å²) >= 11 is 1.67. The predicted molar refractivity (Wildman–Crippen MR) is 93.4 cm³/mol. The van der Waals surface area contributed by atoms with Crippen LogP contribution in [0.4, 0.5) is 0 Å². The number of likely N-dealkylation sites (tertiary alicyclic amines) is 1. The minimum atomic E-state index is 0.0610. The highest BCUT2D eigenvalue weighted by atomic mass is 32.1. The number of aromatic nitrogens is 1. The number of methoxy groups -OCH3 is 1. The highest BCUT2D eigenvalue weighted by Gasteiger charge is 2.22. The van der Waals surface area contributed by atoms with Gasteiger partial charge in [0.05, 0.1) is 5.69 Å². The van der Waals surface area contributed by atoms with E-state index >= 15 is 0 Å². The van der Waals surface area contributed by atoms with Gasteiger partial charge in [-0.3, -0.25) is 9.69 Å².